The molecule has 0 aromatic carbocycles. The highest BCUT2D eigenvalue weighted by Gasteiger charge is 2.60. The van der Waals surface area contributed by atoms with Crippen LogP contribution in [0.15, 0.2) is 0 Å². The molecule has 0 aromatic rings. The lowest BCUT2D eigenvalue weighted by Crippen LogP contribution is -2.82. The predicted octanol–water partition coefficient (Wildman–Crippen LogP) is 4.27. The van der Waals surface area contributed by atoms with Gasteiger partial charge in [0.1, 0.15) is 0 Å². The molecule has 0 saturated heterocycles. The highest BCUT2D eigenvalue weighted by atomic mass is 29.9. The van der Waals surface area contributed by atoms with Gasteiger partial charge in [-0.25, -0.2) is 0 Å². The van der Waals surface area contributed by atoms with Crippen LogP contribution in [0.3, 0.4) is 0 Å². The average molecular weight is 304 g/mol. The molecule has 0 spiro atoms. The van der Waals surface area contributed by atoms with Crippen LogP contribution in [0.2, 0.25) is 71.0 Å². The molecule has 5 heteroatoms. The third kappa shape index (κ3) is 2.91. The van der Waals surface area contributed by atoms with Crippen molar-refractivity contribution >= 4 is 39.6 Å². The minimum Gasteiger partial charge on any atom is -0.0718 e. The van der Waals surface area contributed by atoms with Crippen LogP contribution in [-0.4, -0.2) is 39.6 Å². The standard InChI is InChI=1S/C11H31Si5/c1-13(2,3)16(11-10-12,14(4,5)6)15(7,8)9/h10-11H2,1-9H3. The third-order valence-electron chi connectivity index (χ3n) is 4.34. The molecule has 0 nitrogen and oxygen atoms in total. The molecule has 0 amide bonds. The Hall–Kier alpha value is 1.08. The third-order valence-corrected chi connectivity index (χ3v) is 79.6. The summed E-state index contributed by atoms with van der Waals surface area (Å²) in [6.07, 6.45) is 0. The molecule has 0 heterocycles. The Morgan fingerprint density at radius 2 is 0.875 bits per heavy atom. The summed E-state index contributed by atoms with van der Waals surface area (Å²) >= 11 is 0. The number of hydrogen-bond donors (Lipinski definition) is 0. The van der Waals surface area contributed by atoms with Gasteiger partial charge in [-0.2, -0.15) is 0 Å². The molecule has 16 heavy (non-hydrogen) atoms. The van der Waals surface area contributed by atoms with Crippen LogP contribution in [0.1, 0.15) is 0 Å². The molecule has 0 aliphatic rings. The van der Waals surface area contributed by atoms with Crippen molar-refractivity contribution < 1.29 is 0 Å². The van der Waals surface area contributed by atoms with Crippen LogP contribution in [0.5, 0.6) is 0 Å². The van der Waals surface area contributed by atoms with E-state index in [1.807, 2.05) is 0 Å². The van der Waals surface area contributed by atoms with Crippen molar-refractivity contribution in [3.8, 4) is 0 Å². The maximum Gasteiger partial charge on any atom is 0.0371 e. The Bertz CT molecular complexity index is 192. The van der Waals surface area contributed by atoms with Crippen molar-refractivity contribution in [2.24, 2.45) is 0 Å². The van der Waals surface area contributed by atoms with Gasteiger partial charge in [-0.05, 0) is 0 Å². The molecule has 0 bridgehead atoms. The predicted molar refractivity (Wildman–Crippen MR) is 91.2 cm³/mol. The Kier molecular flexibility index (Phi) is 5.33. The minimum atomic E-state index is -1.03. The molecule has 0 rings (SSSR count). The van der Waals surface area contributed by atoms with E-state index in [1.165, 1.54) is 6.04 Å². The summed E-state index contributed by atoms with van der Waals surface area (Å²) in [6, 6.07) is 2.79. The van der Waals surface area contributed by atoms with Crippen LogP contribution in [0.25, 0.3) is 0 Å². The summed E-state index contributed by atoms with van der Waals surface area (Å²) in [5.41, 5.74) is 0. The molecule has 95 valence electrons. The van der Waals surface area contributed by atoms with Crippen molar-refractivity contribution in [1.82, 2.24) is 0 Å². The fraction of sp³-hybridized carbons (Fsp3) is 1.00. The van der Waals surface area contributed by atoms with Gasteiger partial charge in [-0.15, -0.1) is 0 Å². The van der Waals surface area contributed by atoms with E-state index in [1.54, 1.807) is 6.04 Å². The molecule has 0 aliphatic carbocycles. The molecule has 0 fully saturated rings. The van der Waals surface area contributed by atoms with Crippen LogP contribution >= 0.6 is 0 Å². The van der Waals surface area contributed by atoms with E-state index >= 15 is 0 Å². The highest BCUT2D eigenvalue weighted by Crippen LogP contribution is 2.40. The Balaban J connectivity index is 5.82. The second-order valence-electron chi connectivity index (χ2n) is 8.16. The first-order valence-corrected chi connectivity index (χ1v) is 22.9. The normalized spacial score (nSPS) is 15.4. The second kappa shape index (κ2) is 4.99. The van der Waals surface area contributed by atoms with Crippen molar-refractivity contribution in [2.45, 2.75) is 71.0 Å². The van der Waals surface area contributed by atoms with Gasteiger partial charge in [0, 0.05) is 39.6 Å². The first-order valence-electron chi connectivity index (χ1n) is 6.46. The van der Waals surface area contributed by atoms with E-state index in [-0.39, 0.29) is 0 Å². The average Bonchev–Trinajstić information content (AvgIpc) is 1.91. The molecule has 0 aliphatic heterocycles. The van der Waals surface area contributed by atoms with Gasteiger partial charge in [0.25, 0.3) is 0 Å². The first kappa shape index (κ1) is 17.1. The fourth-order valence-corrected chi connectivity index (χ4v) is 106. The lowest BCUT2D eigenvalue weighted by Gasteiger charge is -2.57. The monoisotopic (exact) mass is 303 g/mol. The summed E-state index contributed by atoms with van der Waals surface area (Å²) < 4.78 is 0. The summed E-state index contributed by atoms with van der Waals surface area (Å²) in [4.78, 5) is 0. The molecular formula is C11H31Si5. The van der Waals surface area contributed by atoms with E-state index in [4.69, 9.17) is 0 Å². The van der Waals surface area contributed by atoms with Crippen LogP contribution in [0.4, 0.5) is 0 Å². The molecule has 0 unspecified atom stereocenters. The largest absolute Gasteiger partial charge is 0.0718 e. The lowest BCUT2D eigenvalue weighted by atomic mass is 11.0. The minimum absolute atomic E-state index is 0.997. The van der Waals surface area contributed by atoms with Gasteiger partial charge in [-0.1, -0.05) is 71.0 Å². The fourth-order valence-electron chi connectivity index (χ4n) is 4.69. The smallest absolute Gasteiger partial charge is 0.0371 e. The van der Waals surface area contributed by atoms with Crippen LogP contribution in [-0.2, 0) is 0 Å². The maximum atomic E-state index is 3.81. The molecular weight excluding hydrogens is 273 g/mol. The van der Waals surface area contributed by atoms with E-state index in [2.05, 4.69) is 69.2 Å². The summed E-state index contributed by atoms with van der Waals surface area (Å²) in [7, 11) is 0.821. The van der Waals surface area contributed by atoms with E-state index < -0.39 is 29.4 Å². The van der Waals surface area contributed by atoms with Gasteiger partial charge in [0.15, 0.2) is 0 Å². The molecule has 0 atom stereocenters. The highest BCUT2D eigenvalue weighted by molar-refractivity contribution is 7.89. The Morgan fingerprint density at radius 3 is 0.938 bits per heavy atom. The van der Waals surface area contributed by atoms with Gasteiger partial charge in [0.05, 0.1) is 0 Å². The van der Waals surface area contributed by atoms with Crippen LogP contribution < -0.4 is 0 Å². The first-order chi connectivity index (χ1) is 6.81. The molecule has 0 aromatic heterocycles. The SMILES string of the molecule is C[Si](C)(C)[Si](CC[Si])([Si](C)(C)C)[Si](C)(C)C. The Morgan fingerprint density at radius 1 is 0.625 bits per heavy atom. The zero-order chi connectivity index (χ0) is 13.4. The summed E-state index contributed by atoms with van der Waals surface area (Å²) in [5, 5.41) is 0. The topological polar surface area (TPSA) is 0 Å². The van der Waals surface area contributed by atoms with Gasteiger partial charge in [0.2, 0.25) is 0 Å². The lowest BCUT2D eigenvalue weighted by molar-refractivity contribution is 1.40. The van der Waals surface area contributed by atoms with Crippen molar-refractivity contribution in [2.75, 3.05) is 0 Å². The quantitative estimate of drug-likeness (QED) is 0.665. The second-order valence-corrected chi connectivity index (χ2v) is 50.1. The molecule has 3 radical (unpaired) electrons. The zero-order valence-corrected chi connectivity index (χ0v) is 17.9. The van der Waals surface area contributed by atoms with E-state index in [9.17, 15) is 0 Å². The number of hydrogen-bond acceptors (Lipinski definition) is 0. The van der Waals surface area contributed by atoms with Crippen LogP contribution in [0, 0.1) is 0 Å². The van der Waals surface area contributed by atoms with E-state index in [0.29, 0.717) is 0 Å². The zero-order valence-electron chi connectivity index (χ0n) is 12.9. The van der Waals surface area contributed by atoms with Crippen molar-refractivity contribution in [3.05, 3.63) is 0 Å². The van der Waals surface area contributed by atoms with Crippen molar-refractivity contribution in [3.63, 3.8) is 0 Å². The molecule has 0 N–H and O–H groups in total. The van der Waals surface area contributed by atoms with E-state index in [0.717, 1.165) is 0 Å². The van der Waals surface area contributed by atoms with Crippen molar-refractivity contribution in [1.29, 1.82) is 0 Å². The maximum absolute atomic E-state index is 3.81. The summed E-state index contributed by atoms with van der Waals surface area (Å²) in [5.74, 6) is 0. The summed E-state index contributed by atoms with van der Waals surface area (Å²) in [6.45, 7) is 22.9. The van der Waals surface area contributed by atoms with Gasteiger partial charge < -0.3 is 0 Å². The molecule has 0 saturated carbocycles. The Labute approximate surface area is 110 Å². The van der Waals surface area contributed by atoms with Gasteiger partial charge in [-0.3, -0.25) is 0 Å². The van der Waals surface area contributed by atoms with Gasteiger partial charge >= 0.3 is 0 Å². The number of rotatable bonds is 5.